The molecule has 2 aromatic carbocycles. The van der Waals surface area contributed by atoms with E-state index >= 15 is 0 Å². The van der Waals surface area contributed by atoms with Gasteiger partial charge in [-0.25, -0.2) is 9.78 Å². The second-order valence-electron chi connectivity index (χ2n) is 9.74. The second kappa shape index (κ2) is 11.1. The van der Waals surface area contributed by atoms with Gasteiger partial charge in [-0.05, 0) is 73.1 Å². The van der Waals surface area contributed by atoms with Gasteiger partial charge in [-0.15, -0.1) is 0 Å². The van der Waals surface area contributed by atoms with Crippen LogP contribution in [0.2, 0.25) is 5.02 Å². The van der Waals surface area contributed by atoms with Crippen LogP contribution in [-0.2, 0) is 16.1 Å². The predicted molar refractivity (Wildman–Crippen MR) is 147 cm³/mol. The van der Waals surface area contributed by atoms with E-state index in [0.717, 1.165) is 16.9 Å². The minimum Gasteiger partial charge on any atom is -0.497 e. The molecule has 0 atom stereocenters. The van der Waals surface area contributed by atoms with E-state index in [1.807, 2.05) is 73.9 Å². The molecular weight excluding hydrogens is 560 g/mol. The van der Waals surface area contributed by atoms with Crippen molar-refractivity contribution in [3.63, 3.8) is 0 Å². The minimum atomic E-state index is -0.558. The number of rotatable bonds is 5. The maximum Gasteiger partial charge on any atom is 0.410 e. The number of amides is 2. The van der Waals surface area contributed by atoms with Gasteiger partial charge in [-0.1, -0.05) is 23.7 Å². The number of halogens is 2. The Balaban J connectivity index is 1.57. The van der Waals surface area contributed by atoms with Crippen LogP contribution < -0.4 is 4.74 Å². The van der Waals surface area contributed by atoms with Crippen molar-refractivity contribution < 1.29 is 19.1 Å². The van der Waals surface area contributed by atoms with Crippen molar-refractivity contribution in [1.82, 2.24) is 19.4 Å². The molecule has 10 heteroatoms. The van der Waals surface area contributed by atoms with E-state index in [0.29, 0.717) is 47.3 Å². The highest BCUT2D eigenvalue weighted by Gasteiger charge is 2.29. The van der Waals surface area contributed by atoms with Gasteiger partial charge >= 0.3 is 6.09 Å². The van der Waals surface area contributed by atoms with Crippen molar-refractivity contribution >= 4 is 39.5 Å². The van der Waals surface area contributed by atoms with Gasteiger partial charge in [0.05, 0.1) is 7.11 Å². The molecule has 4 rings (SSSR count). The van der Waals surface area contributed by atoms with Crippen LogP contribution in [0.4, 0.5) is 4.79 Å². The zero-order valence-corrected chi connectivity index (χ0v) is 23.7. The molecule has 1 aromatic heterocycles. The molecule has 0 radical (unpaired) electrons. The molecule has 0 saturated carbocycles. The fourth-order valence-electron chi connectivity index (χ4n) is 4.03. The van der Waals surface area contributed by atoms with Gasteiger partial charge in [0.1, 0.15) is 34.0 Å². The van der Waals surface area contributed by atoms with Crippen molar-refractivity contribution in [3.05, 3.63) is 58.2 Å². The van der Waals surface area contributed by atoms with E-state index < -0.39 is 5.60 Å². The van der Waals surface area contributed by atoms with E-state index in [1.165, 1.54) is 0 Å². The normalized spacial score (nSPS) is 14.0. The van der Waals surface area contributed by atoms with Crippen LogP contribution in [0.5, 0.6) is 5.75 Å². The molecule has 0 bridgehead atoms. The zero-order valence-electron chi connectivity index (χ0n) is 21.3. The van der Waals surface area contributed by atoms with E-state index in [-0.39, 0.29) is 18.5 Å². The van der Waals surface area contributed by atoms with Crippen LogP contribution in [0.15, 0.2) is 53.1 Å². The molecular formula is C27H30BrClN4O4. The minimum absolute atomic E-state index is 0.0562. The molecule has 3 aromatic rings. The number of piperazine rings is 1. The monoisotopic (exact) mass is 588 g/mol. The lowest BCUT2D eigenvalue weighted by Gasteiger charge is -2.35. The number of benzene rings is 2. The highest BCUT2D eigenvalue weighted by molar-refractivity contribution is 9.10. The number of methoxy groups -OCH3 is 1. The summed E-state index contributed by atoms with van der Waals surface area (Å²) in [6, 6.07) is 15.0. The topological polar surface area (TPSA) is 76.9 Å². The zero-order chi connectivity index (χ0) is 26.7. The van der Waals surface area contributed by atoms with Gasteiger partial charge in [0, 0.05) is 42.3 Å². The van der Waals surface area contributed by atoms with Crippen LogP contribution in [-0.4, -0.2) is 70.2 Å². The lowest BCUT2D eigenvalue weighted by molar-refractivity contribution is -0.133. The Hall–Kier alpha value is -3.04. The van der Waals surface area contributed by atoms with Gasteiger partial charge in [0.25, 0.3) is 0 Å². The van der Waals surface area contributed by atoms with Crippen LogP contribution in [0.1, 0.15) is 20.8 Å². The van der Waals surface area contributed by atoms with Crippen LogP contribution >= 0.6 is 27.5 Å². The summed E-state index contributed by atoms with van der Waals surface area (Å²) < 4.78 is 13.3. The highest BCUT2D eigenvalue weighted by Crippen LogP contribution is 2.34. The second-order valence-corrected chi connectivity index (χ2v) is 10.9. The van der Waals surface area contributed by atoms with Gasteiger partial charge in [-0.2, -0.15) is 0 Å². The van der Waals surface area contributed by atoms with Gasteiger partial charge < -0.3 is 23.8 Å². The third-order valence-electron chi connectivity index (χ3n) is 5.95. The summed E-state index contributed by atoms with van der Waals surface area (Å²) >= 11 is 9.78. The summed E-state index contributed by atoms with van der Waals surface area (Å²) in [6.45, 7) is 7.33. The first kappa shape index (κ1) is 27.0. The first-order valence-electron chi connectivity index (χ1n) is 12.0. The molecule has 196 valence electrons. The van der Waals surface area contributed by atoms with Gasteiger partial charge in [0.2, 0.25) is 5.91 Å². The molecule has 2 amide bonds. The summed E-state index contributed by atoms with van der Waals surface area (Å²) in [4.78, 5) is 34.1. The summed E-state index contributed by atoms with van der Waals surface area (Å²) in [5.74, 6) is 1.33. The Morgan fingerprint density at radius 1 is 0.946 bits per heavy atom. The fourth-order valence-corrected chi connectivity index (χ4v) is 4.77. The van der Waals surface area contributed by atoms with Crippen LogP contribution in [0, 0.1) is 0 Å². The Kier molecular flexibility index (Phi) is 8.14. The van der Waals surface area contributed by atoms with E-state index in [2.05, 4.69) is 15.9 Å². The van der Waals surface area contributed by atoms with Crippen molar-refractivity contribution in [2.24, 2.45) is 0 Å². The molecule has 0 spiro atoms. The molecule has 0 unspecified atom stereocenters. The molecule has 1 saturated heterocycles. The van der Waals surface area contributed by atoms with Crippen LogP contribution in [0.25, 0.3) is 22.6 Å². The number of hydrogen-bond acceptors (Lipinski definition) is 5. The van der Waals surface area contributed by atoms with Crippen molar-refractivity contribution in [1.29, 1.82) is 0 Å². The molecule has 0 aliphatic carbocycles. The number of hydrogen-bond donors (Lipinski definition) is 0. The van der Waals surface area contributed by atoms with Crippen molar-refractivity contribution in [2.45, 2.75) is 32.9 Å². The molecule has 1 aliphatic rings. The van der Waals surface area contributed by atoms with Crippen molar-refractivity contribution in [2.75, 3.05) is 33.3 Å². The Morgan fingerprint density at radius 2 is 1.51 bits per heavy atom. The first-order chi connectivity index (χ1) is 17.6. The molecule has 8 nitrogen and oxygen atoms in total. The SMILES string of the molecule is COc1ccc(-c2nc(-c3ccc(Cl)cc3)c(Br)n2CC(=O)N2CCN(C(=O)OC(C)(C)C)CC2)cc1. The maximum atomic E-state index is 13.4. The van der Waals surface area contributed by atoms with Gasteiger partial charge in [0.15, 0.2) is 0 Å². The largest absolute Gasteiger partial charge is 0.497 e. The summed E-state index contributed by atoms with van der Waals surface area (Å²) in [5, 5.41) is 0.635. The maximum absolute atomic E-state index is 13.4. The highest BCUT2D eigenvalue weighted by atomic mass is 79.9. The molecule has 1 aliphatic heterocycles. The number of aromatic nitrogens is 2. The first-order valence-corrected chi connectivity index (χ1v) is 13.1. The summed E-state index contributed by atoms with van der Waals surface area (Å²) in [7, 11) is 1.62. The van der Waals surface area contributed by atoms with E-state index in [4.69, 9.17) is 26.1 Å². The number of carbonyl (C=O) groups excluding carboxylic acids is 2. The Morgan fingerprint density at radius 3 is 2.08 bits per heavy atom. The van der Waals surface area contributed by atoms with Crippen molar-refractivity contribution in [3.8, 4) is 28.4 Å². The summed E-state index contributed by atoms with van der Waals surface area (Å²) in [6.07, 6.45) is -0.355. The number of imidazole rings is 1. The molecule has 0 N–H and O–H groups in total. The number of carbonyl (C=O) groups is 2. The quantitative estimate of drug-likeness (QED) is 0.380. The molecule has 1 fully saturated rings. The van der Waals surface area contributed by atoms with Gasteiger partial charge in [-0.3, -0.25) is 4.79 Å². The van der Waals surface area contributed by atoms with Crippen LogP contribution in [0.3, 0.4) is 0 Å². The Labute approximate surface area is 230 Å². The third kappa shape index (κ3) is 6.45. The van der Waals surface area contributed by atoms with E-state index in [9.17, 15) is 9.59 Å². The lowest BCUT2D eigenvalue weighted by atomic mass is 10.2. The standard InChI is InChI=1S/C27H30BrClN4O4/c1-27(2,3)37-26(35)32-15-13-31(14-16-32)22(34)17-33-24(28)23(18-5-9-20(29)10-6-18)30-25(33)19-7-11-21(36-4)12-8-19/h5-12H,13-17H2,1-4H3. The molecule has 2 heterocycles. The molecule has 37 heavy (non-hydrogen) atoms. The third-order valence-corrected chi connectivity index (χ3v) is 7.00. The average molecular weight is 590 g/mol. The summed E-state index contributed by atoms with van der Waals surface area (Å²) in [5.41, 5.74) is 1.88. The predicted octanol–water partition coefficient (Wildman–Crippen LogP) is 5.72. The van der Waals surface area contributed by atoms with E-state index in [1.54, 1.807) is 16.9 Å². The number of nitrogens with zero attached hydrogens (tertiary/aromatic N) is 4. The number of ether oxygens (including phenoxy) is 2. The lowest BCUT2D eigenvalue weighted by Crippen LogP contribution is -2.52. The smallest absolute Gasteiger partial charge is 0.410 e. The fraction of sp³-hybridized carbons (Fsp3) is 0.370. The Bertz CT molecular complexity index is 1260. The average Bonchev–Trinajstić information content (AvgIpc) is 3.19.